The molecular weight excluding hydrogens is 328 g/mol. The van der Waals surface area contributed by atoms with Gasteiger partial charge in [0.2, 0.25) is 0 Å². The molecule has 0 saturated heterocycles. The van der Waals surface area contributed by atoms with Crippen molar-refractivity contribution in [3.8, 4) is 0 Å². The van der Waals surface area contributed by atoms with Crippen molar-refractivity contribution < 1.29 is 0 Å². The Morgan fingerprint density at radius 2 is 1.48 bits per heavy atom. The topological polar surface area (TPSA) is 17.3 Å². The molecule has 0 atom stereocenters. The largest absolute Gasteiger partial charge is 0.294 e. The number of aromatic nitrogens is 2. The van der Waals surface area contributed by atoms with Gasteiger partial charge in [-0.1, -0.05) is 91.5 Å². The maximum absolute atomic E-state index is 4.96. The van der Waals surface area contributed by atoms with E-state index >= 15 is 0 Å². The first-order valence-corrected chi connectivity index (χ1v) is 9.03. The number of benzene rings is 3. The molecule has 0 fully saturated rings. The number of rotatable bonds is 2. The molecule has 0 unspecified atom stereocenters. The Kier molecular flexibility index (Phi) is 3.61. The predicted molar refractivity (Wildman–Crippen MR) is 115 cm³/mol. The molecular formula is C25H18N2. The summed E-state index contributed by atoms with van der Waals surface area (Å²) >= 11 is 0. The quantitative estimate of drug-likeness (QED) is 0.458. The van der Waals surface area contributed by atoms with Crippen molar-refractivity contribution in [2.45, 2.75) is 0 Å². The monoisotopic (exact) mass is 346 g/mol. The fraction of sp³-hybridized carbons (Fsp3) is 0. The summed E-state index contributed by atoms with van der Waals surface area (Å²) in [7, 11) is 0. The Morgan fingerprint density at radius 1 is 0.778 bits per heavy atom. The molecule has 0 bridgehead atoms. The van der Waals surface area contributed by atoms with E-state index in [1.165, 1.54) is 10.9 Å². The van der Waals surface area contributed by atoms with Crippen LogP contribution in [0.1, 0.15) is 5.56 Å². The SMILES string of the molecule is C=c1c2ccccc2nc2/c(=C/C=C/c3ccccc3)c3ccccc3n12. The van der Waals surface area contributed by atoms with Gasteiger partial charge in [0.05, 0.1) is 11.0 Å². The summed E-state index contributed by atoms with van der Waals surface area (Å²) in [5.74, 6) is 0. The molecule has 2 nitrogen and oxygen atoms in total. The molecule has 0 radical (unpaired) electrons. The zero-order valence-corrected chi connectivity index (χ0v) is 14.8. The van der Waals surface area contributed by atoms with Crippen LogP contribution < -0.4 is 10.6 Å². The molecule has 0 saturated carbocycles. The minimum absolute atomic E-state index is 0.942. The number of hydrogen-bond acceptors (Lipinski definition) is 1. The number of hydrogen-bond donors (Lipinski definition) is 0. The van der Waals surface area contributed by atoms with Gasteiger partial charge in [0.1, 0.15) is 5.65 Å². The molecule has 3 aromatic carbocycles. The molecule has 0 aliphatic rings. The molecule has 27 heavy (non-hydrogen) atoms. The lowest BCUT2D eigenvalue weighted by molar-refractivity contribution is 1.16. The van der Waals surface area contributed by atoms with Crippen LogP contribution in [0.5, 0.6) is 0 Å². The highest BCUT2D eigenvalue weighted by Gasteiger charge is 2.09. The molecule has 0 aliphatic carbocycles. The molecule has 0 N–H and O–H groups in total. The third-order valence-corrected chi connectivity index (χ3v) is 4.95. The number of fused-ring (bicyclic) bond motifs is 4. The Hall–Kier alpha value is -3.65. The van der Waals surface area contributed by atoms with Gasteiger partial charge in [0.15, 0.2) is 0 Å². The third kappa shape index (κ3) is 2.54. The second kappa shape index (κ2) is 6.26. The van der Waals surface area contributed by atoms with Gasteiger partial charge in [-0.3, -0.25) is 4.40 Å². The number of para-hydroxylation sites is 2. The smallest absolute Gasteiger partial charge is 0.146 e. The van der Waals surface area contributed by atoms with Gasteiger partial charge in [-0.2, -0.15) is 0 Å². The van der Waals surface area contributed by atoms with Gasteiger partial charge in [0.25, 0.3) is 0 Å². The van der Waals surface area contributed by atoms with Crippen LogP contribution in [0.3, 0.4) is 0 Å². The highest BCUT2D eigenvalue weighted by atomic mass is 15.0. The first kappa shape index (κ1) is 15.6. The maximum atomic E-state index is 4.96. The Labute approximate surface area is 157 Å². The van der Waals surface area contributed by atoms with Gasteiger partial charge in [-0.05, 0) is 17.7 Å². The summed E-state index contributed by atoms with van der Waals surface area (Å²) in [6.45, 7) is 4.36. The van der Waals surface area contributed by atoms with E-state index in [0.29, 0.717) is 0 Å². The number of nitrogens with zero attached hydrogens (tertiary/aromatic N) is 2. The van der Waals surface area contributed by atoms with Crippen LogP contribution in [0, 0.1) is 0 Å². The van der Waals surface area contributed by atoms with Crippen LogP contribution in [0.2, 0.25) is 0 Å². The van der Waals surface area contributed by atoms with E-state index in [0.717, 1.165) is 32.6 Å². The van der Waals surface area contributed by atoms with E-state index in [4.69, 9.17) is 4.98 Å². The van der Waals surface area contributed by atoms with Crippen LogP contribution in [-0.2, 0) is 0 Å². The fourth-order valence-electron chi connectivity index (χ4n) is 3.67. The van der Waals surface area contributed by atoms with Crippen molar-refractivity contribution in [1.29, 1.82) is 0 Å². The van der Waals surface area contributed by atoms with Crippen molar-refractivity contribution in [3.63, 3.8) is 0 Å². The summed E-state index contributed by atoms with van der Waals surface area (Å²) in [5, 5.41) is 4.35. The van der Waals surface area contributed by atoms with Crippen LogP contribution in [0.15, 0.2) is 84.9 Å². The van der Waals surface area contributed by atoms with Gasteiger partial charge in [-0.15, -0.1) is 0 Å². The summed E-state index contributed by atoms with van der Waals surface area (Å²) in [6.07, 6.45) is 6.35. The van der Waals surface area contributed by atoms with E-state index in [1.807, 2.05) is 36.4 Å². The Balaban J connectivity index is 1.86. The van der Waals surface area contributed by atoms with Crippen LogP contribution in [0.25, 0.3) is 46.2 Å². The van der Waals surface area contributed by atoms with Gasteiger partial charge >= 0.3 is 0 Å². The average molecular weight is 346 g/mol. The highest BCUT2D eigenvalue weighted by molar-refractivity contribution is 5.92. The average Bonchev–Trinajstić information content (AvgIpc) is 3.03. The molecule has 0 amide bonds. The second-order valence-corrected chi connectivity index (χ2v) is 6.60. The lowest BCUT2D eigenvalue weighted by Crippen LogP contribution is -2.15. The van der Waals surface area contributed by atoms with Crippen molar-refractivity contribution >= 4 is 46.2 Å². The summed E-state index contributed by atoms with van der Waals surface area (Å²) in [4.78, 5) is 4.96. The van der Waals surface area contributed by atoms with Gasteiger partial charge < -0.3 is 0 Å². The molecule has 128 valence electrons. The minimum atomic E-state index is 0.942. The third-order valence-electron chi connectivity index (χ3n) is 4.95. The van der Waals surface area contributed by atoms with Crippen molar-refractivity contribution in [3.05, 3.63) is 101 Å². The van der Waals surface area contributed by atoms with Crippen molar-refractivity contribution in [2.75, 3.05) is 0 Å². The predicted octanol–water partition coefficient (Wildman–Crippen LogP) is 4.54. The molecule has 2 heterocycles. The van der Waals surface area contributed by atoms with Crippen LogP contribution in [-0.4, -0.2) is 9.38 Å². The zero-order chi connectivity index (χ0) is 18.2. The summed E-state index contributed by atoms with van der Waals surface area (Å²) in [5.41, 5.74) is 4.23. The molecule has 2 aromatic heterocycles. The Morgan fingerprint density at radius 3 is 2.33 bits per heavy atom. The van der Waals surface area contributed by atoms with Gasteiger partial charge in [0, 0.05) is 21.3 Å². The van der Waals surface area contributed by atoms with Crippen molar-refractivity contribution in [2.24, 2.45) is 0 Å². The first-order valence-electron chi connectivity index (χ1n) is 9.03. The first-order chi connectivity index (χ1) is 13.3. The lowest BCUT2D eigenvalue weighted by atomic mass is 10.2. The second-order valence-electron chi connectivity index (χ2n) is 6.60. The lowest BCUT2D eigenvalue weighted by Gasteiger charge is -2.02. The van der Waals surface area contributed by atoms with Crippen molar-refractivity contribution in [1.82, 2.24) is 9.38 Å². The van der Waals surface area contributed by atoms with E-state index in [9.17, 15) is 0 Å². The maximum Gasteiger partial charge on any atom is 0.146 e. The highest BCUT2D eigenvalue weighted by Crippen LogP contribution is 2.15. The van der Waals surface area contributed by atoms with Crippen LogP contribution in [0.4, 0.5) is 0 Å². The fourth-order valence-corrected chi connectivity index (χ4v) is 3.67. The molecule has 5 rings (SSSR count). The zero-order valence-electron chi connectivity index (χ0n) is 14.8. The summed E-state index contributed by atoms with van der Waals surface area (Å²) < 4.78 is 2.17. The van der Waals surface area contributed by atoms with E-state index < -0.39 is 0 Å². The standard InChI is InChI=1S/C25H18N2/c1-18-20-13-5-7-16-23(20)26-25-22(15-9-12-19-10-3-2-4-11-19)21-14-6-8-17-24(21)27(18)25/h2-17H,1H2/b12-9+,22-15+. The minimum Gasteiger partial charge on any atom is -0.294 e. The molecule has 0 spiro atoms. The van der Waals surface area contributed by atoms with E-state index in [1.54, 1.807) is 0 Å². The van der Waals surface area contributed by atoms with E-state index in [-0.39, 0.29) is 0 Å². The molecule has 2 heteroatoms. The Bertz CT molecular complexity index is 1420. The van der Waals surface area contributed by atoms with E-state index in [2.05, 4.69) is 71.7 Å². The van der Waals surface area contributed by atoms with Gasteiger partial charge in [-0.25, -0.2) is 4.98 Å². The number of allylic oxidation sites excluding steroid dienone is 1. The molecule has 5 aromatic rings. The molecule has 0 aliphatic heterocycles. The normalized spacial score (nSPS) is 12.7. The van der Waals surface area contributed by atoms with Crippen LogP contribution >= 0.6 is 0 Å². The summed E-state index contributed by atoms with van der Waals surface area (Å²) in [6, 6.07) is 26.9.